The van der Waals surface area contributed by atoms with E-state index in [0.717, 1.165) is 35.9 Å². The lowest BCUT2D eigenvalue weighted by Gasteiger charge is -2.24. The zero-order valence-corrected chi connectivity index (χ0v) is 16.8. The predicted octanol–water partition coefficient (Wildman–Crippen LogP) is 2.58. The molecule has 0 aliphatic rings. The van der Waals surface area contributed by atoms with Gasteiger partial charge < -0.3 is 15.6 Å². The standard InChI is InChI=1S/C19H29N5OS/c1-14(2)13-24-16(22-23-18(24)26-4)11-8-12-21-17(25)19(3,20)15-9-6-5-7-10-15/h5-7,9-10,14H,8,11-13,20H2,1-4H3,(H,21,25). The molecule has 142 valence electrons. The van der Waals surface area contributed by atoms with Crippen molar-refractivity contribution in [1.29, 1.82) is 0 Å². The van der Waals surface area contributed by atoms with Crippen molar-refractivity contribution in [2.24, 2.45) is 11.7 Å². The second-order valence-electron chi connectivity index (χ2n) is 7.04. The first-order valence-electron chi connectivity index (χ1n) is 8.95. The molecule has 0 fully saturated rings. The van der Waals surface area contributed by atoms with Crippen molar-refractivity contribution in [2.45, 2.75) is 50.9 Å². The molecule has 0 aliphatic heterocycles. The molecule has 26 heavy (non-hydrogen) atoms. The predicted molar refractivity (Wildman–Crippen MR) is 106 cm³/mol. The molecule has 2 rings (SSSR count). The van der Waals surface area contributed by atoms with Gasteiger partial charge in [0.2, 0.25) is 5.91 Å². The van der Waals surface area contributed by atoms with E-state index in [1.165, 1.54) is 0 Å². The average molecular weight is 376 g/mol. The second-order valence-corrected chi connectivity index (χ2v) is 7.81. The molecule has 3 N–H and O–H groups in total. The molecule has 0 bridgehead atoms. The van der Waals surface area contributed by atoms with Crippen LogP contribution in [0.4, 0.5) is 0 Å². The number of nitrogens with zero attached hydrogens (tertiary/aromatic N) is 3. The Morgan fingerprint density at radius 3 is 2.62 bits per heavy atom. The molecule has 6 nitrogen and oxygen atoms in total. The number of hydrogen-bond donors (Lipinski definition) is 2. The normalized spacial score (nSPS) is 13.6. The molecule has 1 heterocycles. The summed E-state index contributed by atoms with van der Waals surface area (Å²) in [5, 5.41) is 12.4. The first kappa shape index (κ1) is 20.5. The van der Waals surface area contributed by atoms with E-state index in [9.17, 15) is 4.79 Å². The van der Waals surface area contributed by atoms with E-state index >= 15 is 0 Å². The van der Waals surface area contributed by atoms with E-state index in [2.05, 4.69) is 33.9 Å². The molecule has 0 aliphatic carbocycles. The Kier molecular flexibility index (Phi) is 7.23. The summed E-state index contributed by atoms with van der Waals surface area (Å²) < 4.78 is 2.17. The number of aryl methyl sites for hydroxylation is 1. The summed E-state index contributed by atoms with van der Waals surface area (Å²) in [6, 6.07) is 9.43. The maximum atomic E-state index is 12.5. The Morgan fingerprint density at radius 2 is 2.00 bits per heavy atom. The zero-order valence-electron chi connectivity index (χ0n) is 16.0. The molecule has 0 radical (unpaired) electrons. The molecule has 1 aromatic carbocycles. The number of nitrogens with two attached hydrogens (primary N) is 1. The van der Waals surface area contributed by atoms with Gasteiger partial charge in [0.25, 0.3) is 0 Å². The van der Waals surface area contributed by atoms with Crippen LogP contribution in [0.3, 0.4) is 0 Å². The molecular formula is C19H29N5OS. The second kappa shape index (κ2) is 9.19. The topological polar surface area (TPSA) is 85.8 Å². The molecule has 1 aromatic heterocycles. The van der Waals surface area contributed by atoms with Gasteiger partial charge in [0.05, 0.1) is 0 Å². The third kappa shape index (κ3) is 5.08. The molecule has 1 unspecified atom stereocenters. The van der Waals surface area contributed by atoms with Gasteiger partial charge in [0.1, 0.15) is 11.4 Å². The van der Waals surface area contributed by atoms with Gasteiger partial charge >= 0.3 is 0 Å². The summed E-state index contributed by atoms with van der Waals surface area (Å²) in [6.45, 7) is 7.56. The summed E-state index contributed by atoms with van der Waals surface area (Å²) in [4.78, 5) is 12.5. The van der Waals surface area contributed by atoms with E-state index in [0.29, 0.717) is 12.5 Å². The Bertz CT molecular complexity index is 712. The van der Waals surface area contributed by atoms with Crippen LogP contribution in [-0.4, -0.2) is 33.5 Å². The number of rotatable bonds is 9. The van der Waals surface area contributed by atoms with Gasteiger partial charge in [-0.2, -0.15) is 0 Å². The molecule has 7 heteroatoms. The highest BCUT2D eigenvalue weighted by atomic mass is 32.2. The van der Waals surface area contributed by atoms with E-state index in [-0.39, 0.29) is 5.91 Å². The third-order valence-corrected chi connectivity index (χ3v) is 4.90. The van der Waals surface area contributed by atoms with Crippen LogP contribution in [0.15, 0.2) is 35.5 Å². The van der Waals surface area contributed by atoms with E-state index in [4.69, 9.17) is 5.73 Å². The SMILES string of the molecule is CSc1nnc(CCCNC(=O)C(C)(N)c2ccccc2)n1CC(C)C. The monoisotopic (exact) mass is 375 g/mol. The minimum absolute atomic E-state index is 0.169. The van der Waals surface area contributed by atoms with Crippen molar-refractivity contribution in [3.05, 3.63) is 41.7 Å². The summed E-state index contributed by atoms with van der Waals surface area (Å²) in [6.07, 6.45) is 3.57. The lowest BCUT2D eigenvalue weighted by molar-refractivity contribution is -0.126. The zero-order chi connectivity index (χ0) is 19.2. The highest BCUT2D eigenvalue weighted by molar-refractivity contribution is 7.98. The Morgan fingerprint density at radius 1 is 1.31 bits per heavy atom. The highest BCUT2D eigenvalue weighted by Gasteiger charge is 2.29. The Hall–Kier alpha value is -1.86. The molecule has 1 amide bonds. The quantitative estimate of drug-likeness (QED) is 0.520. The number of carbonyl (C=O) groups excluding carboxylic acids is 1. The summed E-state index contributed by atoms with van der Waals surface area (Å²) in [7, 11) is 0. The van der Waals surface area contributed by atoms with Crippen molar-refractivity contribution in [3.63, 3.8) is 0 Å². The molecule has 0 saturated heterocycles. The summed E-state index contributed by atoms with van der Waals surface area (Å²) >= 11 is 1.61. The summed E-state index contributed by atoms with van der Waals surface area (Å²) in [5.74, 6) is 1.33. The molecular weight excluding hydrogens is 346 g/mol. The van der Waals surface area contributed by atoms with Crippen LogP contribution in [0.25, 0.3) is 0 Å². The number of nitrogens with one attached hydrogen (secondary N) is 1. The largest absolute Gasteiger partial charge is 0.354 e. The van der Waals surface area contributed by atoms with Gasteiger partial charge in [0, 0.05) is 19.5 Å². The first-order chi connectivity index (χ1) is 12.4. The van der Waals surface area contributed by atoms with Crippen molar-refractivity contribution in [2.75, 3.05) is 12.8 Å². The smallest absolute Gasteiger partial charge is 0.244 e. The Balaban J connectivity index is 1.89. The van der Waals surface area contributed by atoms with Gasteiger partial charge in [-0.15, -0.1) is 10.2 Å². The van der Waals surface area contributed by atoms with E-state index in [1.807, 2.05) is 36.6 Å². The van der Waals surface area contributed by atoms with Gasteiger partial charge in [-0.25, -0.2) is 0 Å². The lowest BCUT2D eigenvalue weighted by Crippen LogP contribution is -2.49. The first-order valence-corrected chi connectivity index (χ1v) is 10.2. The number of thioether (sulfide) groups is 1. The maximum Gasteiger partial charge on any atom is 0.244 e. The van der Waals surface area contributed by atoms with Gasteiger partial charge in [-0.3, -0.25) is 4.79 Å². The van der Waals surface area contributed by atoms with Crippen molar-refractivity contribution in [1.82, 2.24) is 20.1 Å². The third-order valence-electron chi connectivity index (χ3n) is 4.23. The van der Waals surface area contributed by atoms with E-state index in [1.54, 1.807) is 18.7 Å². The minimum atomic E-state index is -1.04. The highest BCUT2D eigenvalue weighted by Crippen LogP contribution is 2.18. The maximum absolute atomic E-state index is 12.5. The van der Waals surface area contributed by atoms with Crippen molar-refractivity contribution in [3.8, 4) is 0 Å². The van der Waals surface area contributed by atoms with Crippen LogP contribution in [0.5, 0.6) is 0 Å². The van der Waals surface area contributed by atoms with Crippen LogP contribution in [0.1, 0.15) is 38.6 Å². The number of hydrogen-bond acceptors (Lipinski definition) is 5. The summed E-state index contributed by atoms with van der Waals surface area (Å²) in [5.41, 5.74) is 6.00. The number of benzene rings is 1. The lowest BCUT2D eigenvalue weighted by atomic mass is 9.92. The molecule has 1 atom stereocenters. The molecule has 2 aromatic rings. The number of aromatic nitrogens is 3. The van der Waals surface area contributed by atoms with Gasteiger partial charge in [-0.05, 0) is 31.1 Å². The minimum Gasteiger partial charge on any atom is -0.354 e. The fourth-order valence-electron chi connectivity index (χ4n) is 2.75. The van der Waals surface area contributed by atoms with Gasteiger partial charge in [0.15, 0.2) is 5.16 Å². The van der Waals surface area contributed by atoms with Crippen molar-refractivity contribution < 1.29 is 4.79 Å². The van der Waals surface area contributed by atoms with Gasteiger partial charge in [-0.1, -0.05) is 55.9 Å². The Labute approximate surface area is 160 Å². The fraction of sp³-hybridized carbons (Fsp3) is 0.526. The van der Waals surface area contributed by atoms with Crippen LogP contribution >= 0.6 is 11.8 Å². The van der Waals surface area contributed by atoms with Crippen LogP contribution in [0.2, 0.25) is 0 Å². The number of amides is 1. The number of carbonyl (C=O) groups is 1. The van der Waals surface area contributed by atoms with Crippen molar-refractivity contribution >= 4 is 17.7 Å². The van der Waals surface area contributed by atoms with E-state index < -0.39 is 5.54 Å². The van der Waals surface area contributed by atoms with Crippen LogP contribution in [-0.2, 0) is 23.3 Å². The van der Waals surface area contributed by atoms with Crippen LogP contribution < -0.4 is 11.1 Å². The average Bonchev–Trinajstić information content (AvgIpc) is 3.00. The molecule has 0 saturated carbocycles. The fourth-order valence-corrected chi connectivity index (χ4v) is 3.27. The molecule has 0 spiro atoms. The van der Waals surface area contributed by atoms with Crippen LogP contribution in [0, 0.1) is 5.92 Å².